The minimum atomic E-state index is -0.530. The summed E-state index contributed by atoms with van der Waals surface area (Å²) in [5.74, 6) is -0.273. The van der Waals surface area contributed by atoms with Crippen molar-refractivity contribution < 1.29 is 19.1 Å². The van der Waals surface area contributed by atoms with Gasteiger partial charge < -0.3 is 20.1 Å². The van der Waals surface area contributed by atoms with E-state index in [0.717, 1.165) is 5.56 Å². The van der Waals surface area contributed by atoms with Gasteiger partial charge in [-0.15, -0.1) is 0 Å². The predicted octanol–water partition coefficient (Wildman–Crippen LogP) is 6.37. The zero-order valence-corrected chi connectivity index (χ0v) is 21.9. The van der Waals surface area contributed by atoms with E-state index in [9.17, 15) is 14.9 Å². The van der Waals surface area contributed by atoms with Crippen LogP contribution in [-0.4, -0.2) is 25.0 Å². The highest BCUT2D eigenvalue weighted by Gasteiger charge is 2.16. The van der Waals surface area contributed by atoms with E-state index in [1.807, 2.05) is 25.1 Å². The van der Waals surface area contributed by atoms with Gasteiger partial charge >= 0.3 is 0 Å². The number of benzene rings is 3. The Balaban J connectivity index is 1.79. The molecule has 3 aromatic carbocycles. The lowest BCUT2D eigenvalue weighted by atomic mass is 10.1. The van der Waals surface area contributed by atoms with Crippen LogP contribution < -0.4 is 20.1 Å². The van der Waals surface area contributed by atoms with Crippen LogP contribution in [0.25, 0.3) is 6.08 Å². The van der Waals surface area contributed by atoms with Gasteiger partial charge in [0.05, 0.1) is 21.8 Å². The number of rotatable bonds is 9. The number of hydrogen-bond acceptors (Lipinski definition) is 5. The molecule has 0 saturated heterocycles. The van der Waals surface area contributed by atoms with E-state index in [0.29, 0.717) is 44.5 Å². The second kappa shape index (κ2) is 12.8. The number of halogens is 2. The Bertz CT molecular complexity index is 1350. The summed E-state index contributed by atoms with van der Waals surface area (Å²) in [6.07, 6.45) is 1.45. The first kappa shape index (κ1) is 26.8. The van der Waals surface area contributed by atoms with Crippen LogP contribution in [0.3, 0.4) is 0 Å². The summed E-state index contributed by atoms with van der Waals surface area (Å²) in [6.45, 7) is 3.72. The number of amides is 2. The van der Waals surface area contributed by atoms with Crippen LogP contribution >= 0.6 is 27.5 Å². The van der Waals surface area contributed by atoms with Crippen LogP contribution in [0.15, 0.2) is 70.7 Å². The van der Waals surface area contributed by atoms with Crippen molar-refractivity contribution in [3.05, 3.63) is 86.9 Å². The Morgan fingerprint density at radius 1 is 1.06 bits per heavy atom. The molecule has 0 bridgehead atoms. The lowest BCUT2D eigenvalue weighted by Gasteiger charge is -2.15. The molecule has 0 aromatic heterocycles. The zero-order valence-electron chi connectivity index (χ0n) is 19.6. The number of nitrogens with zero attached hydrogens (tertiary/aromatic N) is 1. The van der Waals surface area contributed by atoms with Gasteiger partial charge in [0.2, 0.25) is 0 Å². The third-order valence-corrected chi connectivity index (χ3v) is 5.82. The summed E-state index contributed by atoms with van der Waals surface area (Å²) in [5, 5.41) is 15.4. The van der Waals surface area contributed by atoms with Gasteiger partial charge in [-0.05, 0) is 77.3 Å². The quantitative estimate of drug-likeness (QED) is 0.231. The van der Waals surface area contributed by atoms with Crippen LogP contribution in [0.5, 0.6) is 11.5 Å². The Hall–Kier alpha value is -3.80. The molecule has 0 fully saturated rings. The smallest absolute Gasteiger partial charge is 0.266 e. The summed E-state index contributed by atoms with van der Waals surface area (Å²) in [6, 6.07) is 19.4. The highest BCUT2D eigenvalue weighted by Crippen LogP contribution is 2.37. The predicted molar refractivity (Wildman–Crippen MR) is 144 cm³/mol. The third kappa shape index (κ3) is 7.11. The number of anilines is 2. The first-order chi connectivity index (χ1) is 17.3. The SMILES string of the molecule is CCOc1cc(/C=C(/C#N)C(=O)Nc2ccccc2C)cc(Br)c1OCC(=O)Nc1ccccc1Cl. The minimum absolute atomic E-state index is 0.0830. The summed E-state index contributed by atoms with van der Waals surface area (Å²) in [5.41, 5.74) is 2.43. The van der Waals surface area contributed by atoms with E-state index >= 15 is 0 Å². The van der Waals surface area contributed by atoms with Crippen LogP contribution in [-0.2, 0) is 9.59 Å². The summed E-state index contributed by atoms with van der Waals surface area (Å²) in [4.78, 5) is 25.1. The third-order valence-electron chi connectivity index (χ3n) is 4.90. The fourth-order valence-electron chi connectivity index (χ4n) is 3.18. The topological polar surface area (TPSA) is 100 Å². The molecule has 0 aliphatic rings. The molecule has 0 aliphatic heterocycles. The summed E-state index contributed by atoms with van der Waals surface area (Å²) < 4.78 is 11.9. The summed E-state index contributed by atoms with van der Waals surface area (Å²) in [7, 11) is 0. The molecule has 9 heteroatoms. The standard InChI is InChI=1S/C27H23BrClN3O4/c1-3-35-24-14-18(12-19(15-30)27(34)32-22-10-6-4-8-17(22)2)13-20(28)26(24)36-16-25(33)31-23-11-7-5-9-21(23)29/h4-14H,3,16H2,1-2H3,(H,31,33)(H,32,34)/b19-12-. The van der Waals surface area contributed by atoms with E-state index in [1.54, 1.807) is 55.5 Å². The van der Waals surface area contributed by atoms with Crippen molar-refractivity contribution >= 4 is 56.8 Å². The Kier molecular flexibility index (Phi) is 9.51. The number of para-hydroxylation sites is 2. The molecular weight excluding hydrogens is 546 g/mol. The molecule has 2 amide bonds. The Labute approximate surface area is 222 Å². The zero-order chi connectivity index (χ0) is 26.1. The first-order valence-corrected chi connectivity index (χ1v) is 12.1. The fraction of sp³-hybridized carbons (Fsp3) is 0.148. The Morgan fingerprint density at radius 3 is 2.42 bits per heavy atom. The lowest BCUT2D eigenvalue weighted by Crippen LogP contribution is -2.20. The van der Waals surface area contributed by atoms with Crippen molar-refractivity contribution in [3.8, 4) is 17.6 Å². The van der Waals surface area contributed by atoms with Crippen LogP contribution in [0, 0.1) is 18.3 Å². The van der Waals surface area contributed by atoms with E-state index in [4.69, 9.17) is 21.1 Å². The number of nitriles is 1. The molecule has 7 nitrogen and oxygen atoms in total. The van der Waals surface area contributed by atoms with E-state index in [1.165, 1.54) is 6.08 Å². The van der Waals surface area contributed by atoms with Crippen LogP contribution in [0.4, 0.5) is 11.4 Å². The molecular formula is C27H23BrClN3O4. The number of ether oxygens (including phenoxy) is 2. The van der Waals surface area contributed by atoms with Crippen molar-refractivity contribution in [1.29, 1.82) is 5.26 Å². The maximum Gasteiger partial charge on any atom is 0.266 e. The molecule has 0 aliphatic carbocycles. The van der Waals surface area contributed by atoms with Gasteiger partial charge in [-0.3, -0.25) is 9.59 Å². The van der Waals surface area contributed by atoms with Crippen molar-refractivity contribution in [1.82, 2.24) is 0 Å². The number of carbonyl (C=O) groups excluding carboxylic acids is 2. The largest absolute Gasteiger partial charge is 0.490 e. The van der Waals surface area contributed by atoms with E-state index in [-0.39, 0.29) is 12.2 Å². The molecule has 0 saturated carbocycles. The van der Waals surface area contributed by atoms with Gasteiger partial charge in [0.15, 0.2) is 18.1 Å². The van der Waals surface area contributed by atoms with Crippen molar-refractivity contribution in [2.75, 3.05) is 23.8 Å². The maximum absolute atomic E-state index is 12.7. The molecule has 3 aromatic rings. The van der Waals surface area contributed by atoms with Crippen molar-refractivity contribution in [3.63, 3.8) is 0 Å². The first-order valence-electron chi connectivity index (χ1n) is 10.9. The second-order valence-corrected chi connectivity index (χ2v) is 8.78. The van der Waals surface area contributed by atoms with Gasteiger partial charge in [0.25, 0.3) is 11.8 Å². The Morgan fingerprint density at radius 2 is 1.75 bits per heavy atom. The molecule has 0 unspecified atom stereocenters. The monoisotopic (exact) mass is 567 g/mol. The molecule has 0 atom stereocenters. The van der Waals surface area contributed by atoms with Gasteiger partial charge in [-0.2, -0.15) is 5.26 Å². The number of aryl methyl sites for hydroxylation is 1. The normalized spacial score (nSPS) is 10.8. The molecule has 0 heterocycles. The fourth-order valence-corrected chi connectivity index (χ4v) is 3.94. The molecule has 3 rings (SSSR count). The van der Waals surface area contributed by atoms with Gasteiger partial charge in [0, 0.05) is 5.69 Å². The second-order valence-electron chi connectivity index (χ2n) is 7.52. The van der Waals surface area contributed by atoms with Crippen LogP contribution in [0.1, 0.15) is 18.1 Å². The van der Waals surface area contributed by atoms with Crippen molar-refractivity contribution in [2.45, 2.75) is 13.8 Å². The average Bonchev–Trinajstić information content (AvgIpc) is 2.85. The maximum atomic E-state index is 12.7. The van der Waals surface area contributed by atoms with Crippen LogP contribution in [0.2, 0.25) is 5.02 Å². The highest BCUT2D eigenvalue weighted by molar-refractivity contribution is 9.10. The molecule has 0 radical (unpaired) electrons. The van der Waals surface area contributed by atoms with Gasteiger partial charge in [-0.25, -0.2) is 0 Å². The molecule has 184 valence electrons. The van der Waals surface area contributed by atoms with Crippen molar-refractivity contribution in [2.24, 2.45) is 0 Å². The minimum Gasteiger partial charge on any atom is -0.490 e. The lowest BCUT2D eigenvalue weighted by molar-refractivity contribution is -0.118. The highest BCUT2D eigenvalue weighted by atomic mass is 79.9. The average molecular weight is 569 g/mol. The van der Waals surface area contributed by atoms with Gasteiger partial charge in [-0.1, -0.05) is 41.9 Å². The molecule has 0 spiro atoms. The summed E-state index contributed by atoms with van der Waals surface area (Å²) >= 11 is 9.52. The number of nitrogens with one attached hydrogen (secondary N) is 2. The van der Waals surface area contributed by atoms with Gasteiger partial charge in [0.1, 0.15) is 11.6 Å². The van der Waals surface area contributed by atoms with E-state index < -0.39 is 11.8 Å². The molecule has 2 N–H and O–H groups in total. The van der Waals surface area contributed by atoms with E-state index in [2.05, 4.69) is 26.6 Å². The number of hydrogen-bond donors (Lipinski definition) is 2. The molecule has 36 heavy (non-hydrogen) atoms. The number of carbonyl (C=O) groups is 2.